The fourth-order valence-corrected chi connectivity index (χ4v) is 3.05. The third-order valence-electron chi connectivity index (χ3n) is 4.34. The van der Waals surface area contributed by atoms with E-state index in [0.29, 0.717) is 11.4 Å². The Morgan fingerprint density at radius 3 is 2.50 bits per heavy atom. The number of carbonyl (C=O) groups is 1. The average molecular weight is 369 g/mol. The van der Waals surface area contributed by atoms with Crippen LogP contribution in [-0.2, 0) is 4.79 Å². The average Bonchev–Trinajstić information content (AvgIpc) is 3.17. The fourth-order valence-electron chi connectivity index (χ4n) is 2.88. The molecule has 0 fully saturated rings. The maximum Gasteiger partial charge on any atom is 0.226 e. The molecule has 1 aromatic heterocycles. The van der Waals surface area contributed by atoms with Crippen LogP contribution < -0.4 is 10.1 Å². The van der Waals surface area contributed by atoms with Crippen LogP contribution in [-0.4, -0.2) is 17.6 Å². The number of hydrogen-bond donors (Lipinski definition) is 1. The molecule has 0 aliphatic carbocycles. The number of carbonyl (C=O) groups excluding carboxylic acids is 1. The smallest absolute Gasteiger partial charge is 0.226 e. The van der Waals surface area contributed by atoms with Crippen molar-refractivity contribution in [3.63, 3.8) is 0 Å². The highest BCUT2D eigenvalue weighted by atomic mass is 35.5. The summed E-state index contributed by atoms with van der Waals surface area (Å²) in [6.45, 7) is 1.94. The largest absolute Gasteiger partial charge is 0.497 e. The SMILES string of the molecule is COc1ccc(C(CC(=O)Nc2cc(Cl)ccc2C)n2cccc2)cc1. The second-order valence-corrected chi connectivity index (χ2v) is 6.57. The Bertz CT molecular complexity index is 874. The third kappa shape index (κ3) is 4.27. The van der Waals surface area contributed by atoms with Crippen molar-refractivity contribution in [1.82, 2.24) is 4.57 Å². The van der Waals surface area contributed by atoms with E-state index in [-0.39, 0.29) is 11.9 Å². The summed E-state index contributed by atoms with van der Waals surface area (Å²) in [6.07, 6.45) is 4.24. The molecule has 1 heterocycles. The molecule has 0 aliphatic heterocycles. The van der Waals surface area contributed by atoms with Crippen LogP contribution in [0.15, 0.2) is 67.0 Å². The van der Waals surface area contributed by atoms with E-state index >= 15 is 0 Å². The van der Waals surface area contributed by atoms with E-state index in [9.17, 15) is 4.79 Å². The number of rotatable bonds is 6. The van der Waals surface area contributed by atoms with Crippen LogP contribution in [0.25, 0.3) is 0 Å². The number of aryl methyl sites for hydroxylation is 1. The minimum absolute atomic E-state index is 0.0649. The van der Waals surface area contributed by atoms with Crippen molar-refractivity contribution in [1.29, 1.82) is 0 Å². The molecule has 0 aliphatic rings. The lowest BCUT2D eigenvalue weighted by Crippen LogP contribution is -2.20. The van der Waals surface area contributed by atoms with Gasteiger partial charge in [-0.05, 0) is 54.4 Å². The summed E-state index contributed by atoms with van der Waals surface area (Å²) in [7, 11) is 1.64. The van der Waals surface area contributed by atoms with Gasteiger partial charge in [0.15, 0.2) is 0 Å². The lowest BCUT2D eigenvalue weighted by Gasteiger charge is -2.20. The number of methoxy groups -OCH3 is 1. The van der Waals surface area contributed by atoms with Gasteiger partial charge in [0.1, 0.15) is 5.75 Å². The van der Waals surface area contributed by atoms with Crippen LogP contribution in [0.4, 0.5) is 5.69 Å². The molecule has 26 heavy (non-hydrogen) atoms. The van der Waals surface area contributed by atoms with E-state index in [4.69, 9.17) is 16.3 Å². The van der Waals surface area contributed by atoms with Gasteiger partial charge >= 0.3 is 0 Å². The molecule has 0 bridgehead atoms. The van der Waals surface area contributed by atoms with E-state index < -0.39 is 0 Å². The first kappa shape index (κ1) is 18.1. The van der Waals surface area contributed by atoms with E-state index in [2.05, 4.69) is 5.32 Å². The van der Waals surface area contributed by atoms with E-state index in [1.54, 1.807) is 13.2 Å². The zero-order valence-corrected chi connectivity index (χ0v) is 15.5. The van der Waals surface area contributed by atoms with E-state index in [1.165, 1.54) is 0 Å². The molecule has 0 radical (unpaired) electrons. The van der Waals surface area contributed by atoms with Crippen molar-refractivity contribution >= 4 is 23.2 Å². The lowest BCUT2D eigenvalue weighted by atomic mass is 10.0. The van der Waals surface area contributed by atoms with Gasteiger partial charge in [0.2, 0.25) is 5.91 Å². The van der Waals surface area contributed by atoms with Crippen LogP contribution >= 0.6 is 11.6 Å². The molecule has 0 spiro atoms. The molecule has 2 aromatic carbocycles. The van der Waals surface area contributed by atoms with Crippen LogP contribution in [0.5, 0.6) is 5.75 Å². The molecule has 134 valence electrons. The van der Waals surface area contributed by atoms with Crippen LogP contribution in [0.3, 0.4) is 0 Å². The second kappa shape index (κ2) is 8.11. The molecular formula is C21H21ClN2O2. The van der Waals surface area contributed by atoms with Gasteiger partial charge in [0, 0.05) is 23.1 Å². The van der Waals surface area contributed by atoms with Gasteiger partial charge in [-0.3, -0.25) is 4.79 Å². The van der Waals surface area contributed by atoms with Crippen molar-refractivity contribution in [2.45, 2.75) is 19.4 Å². The topological polar surface area (TPSA) is 43.3 Å². The Kier molecular flexibility index (Phi) is 5.64. The highest BCUT2D eigenvalue weighted by molar-refractivity contribution is 6.31. The summed E-state index contributed by atoms with van der Waals surface area (Å²) in [5.41, 5.74) is 2.76. The van der Waals surface area contributed by atoms with Gasteiger partial charge in [0.05, 0.1) is 19.6 Å². The fraction of sp³-hybridized carbons (Fsp3) is 0.190. The van der Waals surface area contributed by atoms with Gasteiger partial charge in [-0.2, -0.15) is 0 Å². The van der Waals surface area contributed by atoms with Gasteiger partial charge in [0.25, 0.3) is 0 Å². The highest BCUT2D eigenvalue weighted by Crippen LogP contribution is 2.26. The maximum atomic E-state index is 12.7. The first-order valence-electron chi connectivity index (χ1n) is 8.39. The number of halogens is 1. The van der Waals surface area contributed by atoms with E-state index in [0.717, 1.165) is 22.6 Å². The molecule has 1 N–H and O–H groups in total. The van der Waals surface area contributed by atoms with Crippen molar-refractivity contribution < 1.29 is 9.53 Å². The second-order valence-electron chi connectivity index (χ2n) is 6.13. The molecule has 0 saturated carbocycles. The molecule has 1 amide bonds. The Morgan fingerprint density at radius 1 is 1.15 bits per heavy atom. The molecule has 4 nitrogen and oxygen atoms in total. The number of anilines is 1. The molecule has 1 unspecified atom stereocenters. The monoisotopic (exact) mass is 368 g/mol. The molecular weight excluding hydrogens is 348 g/mol. The van der Waals surface area contributed by atoms with Crippen molar-refractivity contribution in [2.24, 2.45) is 0 Å². The lowest BCUT2D eigenvalue weighted by molar-refractivity contribution is -0.116. The third-order valence-corrected chi connectivity index (χ3v) is 4.58. The van der Waals surface area contributed by atoms with Crippen LogP contribution in [0.2, 0.25) is 5.02 Å². The Balaban J connectivity index is 1.81. The normalized spacial score (nSPS) is 11.8. The van der Waals surface area contributed by atoms with Gasteiger partial charge in [-0.25, -0.2) is 0 Å². The summed E-state index contributed by atoms with van der Waals surface area (Å²) >= 11 is 6.04. The number of nitrogens with one attached hydrogen (secondary N) is 1. The zero-order chi connectivity index (χ0) is 18.5. The van der Waals surface area contributed by atoms with Gasteiger partial charge in [-0.1, -0.05) is 29.8 Å². The summed E-state index contributed by atoms with van der Waals surface area (Å²) < 4.78 is 7.26. The number of hydrogen-bond acceptors (Lipinski definition) is 2. The predicted molar refractivity (Wildman–Crippen MR) is 105 cm³/mol. The van der Waals surface area contributed by atoms with Crippen molar-refractivity contribution in [2.75, 3.05) is 12.4 Å². The summed E-state index contributed by atoms with van der Waals surface area (Å²) in [5, 5.41) is 3.57. The first-order valence-corrected chi connectivity index (χ1v) is 8.77. The number of nitrogens with zero attached hydrogens (tertiary/aromatic N) is 1. The highest BCUT2D eigenvalue weighted by Gasteiger charge is 2.18. The maximum absolute atomic E-state index is 12.7. The molecule has 5 heteroatoms. The van der Waals surface area contributed by atoms with Crippen molar-refractivity contribution in [3.8, 4) is 5.75 Å². The quantitative estimate of drug-likeness (QED) is 0.659. The minimum Gasteiger partial charge on any atom is -0.497 e. The number of amides is 1. The minimum atomic E-state index is -0.101. The van der Waals surface area contributed by atoms with Crippen LogP contribution in [0, 0.1) is 6.92 Å². The standard InChI is InChI=1S/C21H21ClN2O2/c1-15-5-8-17(22)13-19(15)23-21(25)14-20(24-11-3-4-12-24)16-6-9-18(26-2)10-7-16/h3-13,20H,14H2,1-2H3,(H,23,25). The first-order chi connectivity index (χ1) is 12.6. The number of ether oxygens (including phenoxy) is 1. The molecule has 3 rings (SSSR count). The molecule has 1 atom stereocenters. The summed E-state index contributed by atoms with van der Waals surface area (Å²) in [4.78, 5) is 12.7. The number of benzene rings is 2. The Morgan fingerprint density at radius 2 is 1.85 bits per heavy atom. The van der Waals surface area contributed by atoms with Crippen LogP contribution in [0.1, 0.15) is 23.6 Å². The Labute approximate surface area is 158 Å². The van der Waals surface area contributed by atoms with Gasteiger partial charge < -0.3 is 14.6 Å². The Hall–Kier alpha value is -2.72. The summed E-state index contributed by atoms with van der Waals surface area (Å²) in [6, 6.07) is 17.1. The molecule has 3 aromatic rings. The summed E-state index contributed by atoms with van der Waals surface area (Å²) in [5.74, 6) is 0.726. The molecule has 0 saturated heterocycles. The predicted octanol–water partition coefficient (Wildman–Crippen LogP) is 5.08. The number of aromatic nitrogens is 1. The van der Waals surface area contributed by atoms with Crippen molar-refractivity contribution in [3.05, 3.63) is 83.1 Å². The van der Waals surface area contributed by atoms with E-state index in [1.807, 2.05) is 72.4 Å². The zero-order valence-electron chi connectivity index (χ0n) is 14.8. The van der Waals surface area contributed by atoms with Gasteiger partial charge in [-0.15, -0.1) is 0 Å².